The molecule has 23 heteroatoms. The van der Waals surface area contributed by atoms with E-state index in [0.29, 0.717) is 21.4 Å². The van der Waals surface area contributed by atoms with E-state index in [1.807, 2.05) is 0 Å². The summed E-state index contributed by atoms with van der Waals surface area (Å²) >= 11 is 6.49. The number of nitrogens with one attached hydrogen (secondary N) is 2. The van der Waals surface area contributed by atoms with E-state index in [4.69, 9.17) is 11.6 Å². The summed E-state index contributed by atoms with van der Waals surface area (Å²) in [6.45, 7) is -1.11. The molecule has 1 saturated carbocycles. The van der Waals surface area contributed by atoms with Gasteiger partial charge in [0.2, 0.25) is 15.9 Å². The maximum atomic E-state index is 15.4. The molecule has 1 fully saturated rings. The number of rotatable bonds is 10. The third kappa shape index (κ3) is 6.94. The van der Waals surface area contributed by atoms with Gasteiger partial charge in [-0.25, -0.2) is 31.0 Å². The van der Waals surface area contributed by atoms with Crippen LogP contribution < -0.4 is 15.6 Å². The number of carbonyl (C=O) groups excluding carboxylic acids is 1. The standard InChI is InChI=1S/C36H26ClF9N8O4S/c1-52-29-23(7-6-20(37)27(29)32(50-52)51-59(2,57)58)54-33(48-21-5-3-4-18(36(44,45)46)26(21)34(54)56)22(10-14-8-15(38)11-16(39)9-14)47-24(55)13-53-30-25(28(49-53)31(40)41)17-12-19(17)35(30,42)43/h3-9,11,17,19,22,31H,10,12-13H2,1-2H3,(H,47,55)(H,50,51)/t17-,19+,22?/m0/s1. The van der Waals surface area contributed by atoms with Crippen molar-refractivity contribution in [3.05, 3.63) is 109 Å². The monoisotopic (exact) mass is 872 g/mol. The van der Waals surface area contributed by atoms with Crippen LogP contribution in [0.5, 0.6) is 0 Å². The van der Waals surface area contributed by atoms with E-state index in [2.05, 4.69) is 25.2 Å². The number of hydrogen-bond donors (Lipinski definition) is 2. The molecule has 0 aliphatic heterocycles. The highest BCUT2D eigenvalue weighted by molar-refractivity contribution is 7.92. The van der Waals surface area contributed by atoms with Crippen molar-refractivity contribution in [2.45, 2.75) is 49.9 Å². The Labute approximate surface area is 330 Å². The molecular formula is C36H26ClF9N8O4S. The van der Waals surface area contributed by atoms with Crippen LogP contribution in [0.2, 0.25) is 5.02 Å². The largest absolute Gasteiger partial charge is 0.417 e. The highest BCUT2D eigenvalue weighted by Crippen LogP contribution is 2.68. The smallest absolute Gasteiger partial charge is 0.344 e. The van der Waals surface area contributed by atoms with Gasteiger partial charge in [-0.2, -0.15) is 32.1 Å². The lowest BCUT2D eigenvalue weighted by molar-refractivity contribution is -0.136. The van der Waals surface area contributed by atoms with E-state index >= 15 is 8.78 Å². The number of nitrogens with zero attached hydrogens (tertiary/aromatic N) is 6. The molecule has 59 heavy (non-hydrogen) atoms. The van der Waals surface area contributed by atoms with Crippen molar-refractivity contribution in [1.82, 2.24) is 34.4 Å². The lowest BCUT2D eigenvalue weighted by Crippen LogP contribution is -2.38. The Hall–Kier alpha value is -5.64. The van der Waals surface area contributed by atoms with Gasteiger partial charge in [0.25, 0.3) is 17.9 Å². The van der Waals surface area contributed by atoms with Crippen LogP contribution in [0.15, 0.2) is 53.3 Å². The topological polar surface area (TPSA) is 146 Å². The molecule has 3 aromatic heterocycles. The normalized spacial score (nSPS) is 17.7. The van der Waals surface area contributed by atoms with Crippen LogP contribution >= 0.6 is 11.6 Å². The molecule has 0 radical (unpaired) electrons. The molecule has 3 heterocycles. The molecule has 1 unspecified atom stereocenters. The van der Waals surface area contributed by atoms with Crippen molar-refractivity contribution < 1.29 is 52.7 Å². The average Bonchev–Trinajstić information content (AvgIpc) is 3.66. The number of alkyl halides is 7. The Kier molecular flexibility index (Phi) is 9.33. The van der Waals surface area contributed by atoms with Crippen molar-refractivity contribution in [2.75, 3.05) is 11.0 Å². The fourth-order valence-electron chi connectivity index (χ4n) is 7.86. The summed E-state index contributed by atoms with van der Waals surface area (Å²) in [5.74, 6) is -10.1. The van der Waals surface area contributed by atoms with Gasteiger partial charge in [0.15, 0.2) is 5.82 Å². The van der Waals surface area contributed by atoms with Gasteiger partial charge in [-0.05, 0) is 54.3 Å². The molecule has 2 N–H and O–H groups in total. The Morgan fingerprint density at radius 1 is 1.05 bits per heavy atom. The molecular weight excluding hydrogens is 847 g/mol. The van der Waals surface area contributed by atoms with Crippen LogP contribution in [0.25, 0.3) is 27.5 Å². The van der Waals surface area contributed by atoms with Crippen LogP contribution in [0.1, 0.15) is 58.7 Å². The molecule has 8 rings (SSSR count). The molecule has 3 atom stereocenters. The number of carbonyl (C=O) groups is 1. The number of aromatic nitrogens is 6. The Balaban J connectivity index is 1.36. The summed E-state index contributed by atoms with van der Waals surface area (Å²) in [4.78, 5) is 33.0. The Morgan fingerprint density at radius 3 is 2.39 bits per heavy atom. The van der Waals surface area contributed by atoms with Gasteiger partial charge in [0.1, 0.15) is 35.4 Å². The zero-order valence-corrected chi connectivity index (χ0v) is 31.6. The van der Waals surface area contributed by atoms with Crippen LogP contribution in [0.4, 0.5) is 45.3 Å². The summed E-state index contributed by atoms with van der Waals surface area (Å²) in [5.41, 5.74) is -6.20. The second kappa shape index (κ2) is 13.7. The van der Waals surface area contributed by atoms with Crippen LogP contribution in [0, 0.1) is 17.6 Å². The van der Waals surface area contributed by atoms with E-state index in [9.17, 15) is 48.7 Å². The minimum Gasteiger partial charge on any atom is -0.344 e. The number of sulfonamides is 1. The minimum absolute atomic E-state index is 0.0640. The zero-order valence-electron chi connectivity index (χ0n) is 30.1. The third-order valence-electron chi connectivity index (χ3n) is 10.1. The van der Waals surface area contributed by atoms with Gasteiger partial charge in [-0.3, -0.25) is 28.2 Å². The molecule has 2 aliphatic carbocycles. The highest BCUT2D eigenvalue weighted by atomic mass is 35.5. The highest BCUT2D eigenvalue weighted by Gasteiger charge is 2.67. The molecule has 0 spiro atoms. The molecule has 2 aliphatic rings. The molecule has 1 amide bonds. The van der Waals surface area contributed by atoms with Crippen molar-refractivity contribution in [3.8, 4) is 5.69 Å². The van der Waals surface area contributed by atoms with Gasteiger partial charge >= 0.3 is 6.18 Å². The molecule has 3 aromatic carbocycles. The number of hydrogen-bond acceptors (Lipinski definition) is 7. The van der Waals surface area contributed by atoms with Gasteiger partial charge in [0.05, 0.1) is 50.4 Å². The van der Waals surface area contributed by atoms with E-state index in [1.165, 1.54) is 13.1 Å². The van der Waals surface area contributed by atoms with Gasteiger partial charge < -0.3 is 5.32 Å². The summed E-state index contributed by atoms with van der Waals surface area (Å²) in [6.07, 6.45) is -8.30. The number of fused-ring (bicyclic) bond motifs is 5. The quantitative estimate of drug-likeness (QED) is 0.141. The number of anilines is 1. The van der Waals surface area contributed by atoms with E-state index in [-0.39, 0.29) is 45.0 Å². The van der Waals surface area contributed by atoms with Crippen molar-refractivity contribution in [3.63, 3.8) is 0 Å². The van der Waals surface area contributed by atoms with Crippen molar-refractivity contribution in [1.29, 1.82) is 0 Å². The first kappa shape index (κ1) is 40.2. The second-order valence-corrected chi connectivity index (χ2v) is 16.4. The second-order valence-electron chi connectivity index (χ2n) is 14.2. The molecule has 6 aromatic rings. The predicted molar refractivity (Wildman–Crippen MR) is 193 cm³/mol. The molecule has 0 saturated heterocycles. The lowest BCUT2D eigenvalue weighted by Gasteiger charge is -2.24. The number of aryl methyl sites for hydroxylation is 1. The van der Waals surface area contributed by atoms with Crippen molar-refractivity contribution >= 4 is 55.2 Å². The fourth-order valence-corrected chi connectivity index (χ4v) is 8.60. The average molecular weight is 873 g/mol. The van der Waals surface area contributed by atoms with E-state index in [1.54, 1.807) is 0 Å². The number of amides is 1. The Morgan fingerprint density at radius 2 is 1.75 bits per heavy atom. The predicted octanol–water partition coefficient (Wildman–Crippen LogP) is 7.04. The first-order valence-electron chi connectivity index (χ1n) is 17.3. The SMILES string of the molecule is Cn1nc(NS(C)(=O)=O)c2c(Cl)ccc(-n3c(C(Cc4cc(F)cc(F)c4)NC(=O)Cn4nc(C(F)F)c5c4C(F)(F)[C@@H]4C[C@H]54)nc4cccc(C(F)(F)F)c4c3=O)c21. The van der Waals surface area contributed by atoms with E-state index in [0.717, 1.165) is 41.3 Å². The maximum absolute atomic E-state index is 15.4. The Bertz CT molecular complexity index is 2910. The maximum Gasteiger partial charge on any atom is 0.417 e. The lowest BCUT2D eigenvalue weighted by atomic mass is 10.0. The molecule has 0 bridgehead atoms. The van der Waals surface area contributed by atoms with Gasteiger partial charge in [0, 0.05) is 31.0 Å². The summed E-state index contributed by atoms with van der Waals surface area (Å²) in [6, 6.07) is 5.43. The number of benzene rings is 3. The zero-order chi connectivity index (χ0) is 42.7. The number of halogens is 10. The van der Waals surface area contributed by atoms with Crippen LogP contribution in [-0.2, 0) is 46.9 Å². The van der Waals surface area contributed by atoms with Crippen molar-refractivity contribution in [2.24, 2.45) is 13.0 Å². The van der Waals surface area contributed by atoms with Crippen LogP contribution in [-0.4, -0.2) is 49.7 Å². The summed E-state index contributed by atoms with van der Waals surface area (Å²) < 4.78 is 160. The summed E-state index contributed by atoms with van der Waals surface area (Å²) in [5, 5.41) is 9.00. The van der Waals surface area contributed by atoms with Gasteiger partial charge in [-0.15, -0.1) is 0 Å². The van der Waals surface area contributed by atoms with E-state index < -0.39 is 116 Å². The van der Waals surface area contributed by atoms with Gasteiger partial charge in [-0.1, -0.05) is 17.7 Å². The molecule has 310 valence electrons. The first-order chi connectivity index (χ1) is 27.5. The van der Waals surface area contributed by atoms with Crippen LogP contribution in [0.3, 0.4) is 0 Å². The minimum atomic E-state index is -5.12. The first-order valence-corrected chi connectivity index (χ1v) is 19.6. The molecule has 12 nitrogen and oxygen atoms in total. The summed E-state index contributed by atoms with van der Waals surface area (Å²) in [7, 11) is -2.73. The fraction of sp³-hybridized carbons (Fsp3) is 0.306. The third-order valence-corrected chi connectivity index (χ3v) is 11.0.